The Labute approximate surface area is 204 Å². The number of hydrogen-bond donors (Lipinski definition) is 2. The van der Waals surface area contributed by atoms with Gasteiger partial charge in [0.25, 0.3) is 10.0 Å². The van der Waals surface area contributed by atoms with Gasteiger partial charge in [0.2, 0.25) is 15.9 Å². The number of carbonyl (C=O) groups excluding carboxylic acids is 1. The molecule has 0 bridgehead atoms. The molecule has 3 rings (SSSR count). The van der Waals surface area contributed by atoms with Crippen molar-refractivity contribution in [1.29, 1.82) is 0 Å². The van der Waals surface area contributed by atoms with E-state index in [0.29, 0.717) is 11.4 Å². The van der Waals surface area contributed by atoms with Crippen molar-refractivity contribution in [3.05, 3.63) is 82.9 Å². The standard InChI is InChI=1S/C23H24ClN3O5S2/c1-16-7-6-8-17(2)23(16)26-34(31,32)19-13-11-18(12-14-19)25-22(28)15-27(33(3,29)30)21-10-5-4-9-20(21)24/h4-14,26H,15H2,1-3H3,(H,25,28). The van der Waals surface area contributed by atoms with Gasteiger partial charge in [0.1, 0.15) is 6.54 Å². The largest absolute Gasteiger partial charge is 0.325 e. The van der Waals surface area contributed by atoms with E-state index in [0.717, 1.165) is 21.7 Å². The first kappa shape index (κ1) is 25.5. The molecule has 3 aromatic rings. The van der Waals surface area contributed by atoms with E-state index in [1.165, 1.54) is 36.4 Å². The number of sulfonamides is 2. The maximum absolute atomic E-state index is 12.8. The van der Waals surface area contributed by atoms with Crippen LogP contribution in [-0.4, -0.2) is 35.5 Å². The summed E-state index contributed by atoms with van der Waals surface area (Å²) in [6.45, 7) is 3.12. The minimum Gasteiger partial charge on any atom is -0.325 e. The molecule has 34 heavy (non-hydrogen) atoms. The number of para-hydroxylation sites is 2. The summed E-state index contributed by atoms with van der Waals surface area (Å²) in [6.07, 6.45) is 0.979. The fourth-order valence-corrected chi connectivity index (χ4v) is 5.61. The number of rotatable bonds is 8. The van der Waals surface area contributed by atoms with Crippen LogP contribution in [0.3, 0.4) is 0 Å². The lowest BCUT2D eigenvalue weighted by atomic mass is 10.1. The van der Waals surface area contributed by atoms with Crippen molar-refractivity contribution in [2.45, 2.75) is 18.7 Å². The molecule has 1 amide bonds. The highest BCUT2D eigenvalue weighted by molar-refractivity contribution is 7.92. The Morgan fingerprint density at radius 1 is 0.882 bits per heavy atom. The van der Waals surface area contributed by atoms with Crippen molar-refractivity contribution in [3.63, 3.8) is 0 Å². The summed E-state index contributed by atoms with van der Waals surface area (Å²) >= 11 is 6.11. The van der Waals surface area contributed by atoms with Crippen molar-refractivity contribution in [2.75, 3.05) is 27.1 Å². The first-order valence-electron chi connectivity index (χ1n) is 10.1. The molecule has 0 unspecified atom stereocenters. The molecule has 180 valence electrons. The van der Waals surface area contributed by atoms with Crippen LogP contribution in [0.4, 0.5) is 17.1 Å². The predicted octanol–water partition coefficient (Wildman–Crippen LogP) is 4.16. The zero-order valence-corrected chi connectivity index (χ0v) is 21.1. The van der Waals surface area contributed by atoms with E-state index < -0.39 is 32.5 Å². The summed E-state index contributed by atoms with van der Waals surface area (Å²) in [4.78, 5) is 12.6. The van der Waals surface area contributed by atoms with Gasteiger partial charge in [-0.05, 0) is 61.4 Å². The van der Waals surface area contributed by atoms with Crippen LogP contribution in [0.1, 0.15) is 11.1 Å². The summed E-state index contributed by atoms with van der Waals surface area (Å²) in [5.41, 5.74) is 2.59. The third-order valence-electron chi connectivity index (χ3n) is 4.97. The average molecular weight is 522 g/mol. The topological polar surface area (TPSA) is 113 Å². The van der Waals surface area contributed by atoms with Crippen LogP contribution in [0.15, 0.2) is 71.6 Å². The Bertz CT molecular complexity index is 1400. The highest BCUT2D eigenvalue weighted by Crippen LogP contribution is 2.27. The lowest BCUT2D eigenvalue weighted by Crippen LogP contribution is -2.37. The molecule has 11 heteroatoms. The van der Waals surface area contributed by atoms with E-state index in [9.17, 15) is 21.6 Å². The molecule has 0 atom stereocenters. The minimum atomic E-state index is -3.85. The number of carbonyl (C=O) groups is 1. The van der Waals surface area contributed by atoms with Gasteiger partial charge in [-0.25, -0.2) is 16.8 Å². The Morgan fingerprint density at radius 3 is 2.03 bits per heavy atom. The van der Waals surface area contributed by atoms with Gasteiger partial charge in [0.05, 0.1) is 27.5 Å². The van der Waals surface area contributed by atoms with E-state index in [2.05, 4.69) is 10.0 Å². The molecule has 0 fully saturated rings. The quantitative estimate of drug-likeness (QED) is 0.462. The molecule has 0 aliphatic carbocycles. The molecule has 0 saturated heterocycles. The average Bonchev–Trinajstić information content (AvgIpc) is 2.75. The smallest absolute Gasteiger partial charge is 0.261 e. The van der Waals surface area contributed by atoms with E-state index in [4.69, 9.17) is 11.6 Å². The highest BCUT2D eigenvalue weighted by Gasteiger charge is 2.23. The number of anilines is 3. The van der Waals surface area contributed by atoms with Crippen LogP contribution < -0.4 is 14.3 Å². The number of hydrogen-bond acceptors (Lipinski definition) is 5. The molecule has 0 heterocycles. The Hall–Kier alpha value is -3.08. The number of benzene rings is 3. The van der Waals surface area contributed by atoms with Crippen molar-refractivity contribution in [2.24, 2.45) is 0 Å². The maximum atomic E-state index is 12.8. The number of nitrogens with zero attached hydrogens (tertiary/aromatic N) is 1. The SMILES string of the molecule is Cc1cccc(C)c1NS(=O)(=O)c1ccc(NC(=O)CN(c2ccccc2Cl)S(C)(=O)=O)cc1. The molecule has 0 aromatic heterocycles. The molecular weight excluding hydrogens is 498 g/mol. The van der Waals surface area contributed by atoms with Gasteiger partial charge in [0.15, 0.2) is 0 Å². The Balaban J connectivity index is 1.75. The second-order valence-electron chi connectivity index (χ2n) is 7.67. The molecular formula is C23H24ClN3O5S2. The molecule has 0 saturated carbocycles. The van der Waals surface area contributed by atoms with Gasteiger partial charge >= 0.3 is 0 Å². The van der Waals surface area contributed by atoms with Crippen molar-refractivity contribution < 1.29 is 21.6 Å². The monoisotopic (exact) mass is 521 g/mol. The summed E-state index contributed by atoms with van der Waals surface area (Å²) < 4.78 is 53.6. The highest BCUT2D eigenvalue weighted by atomic mass is 35.5. The van der Waals surface area contributed by atoms with Gasteiger partial charge < -0.3 is 5.32 Å². The molecule has 0 aliphatic rings. The summed E-state index contributed by atoms with van der Waals surface area (Å²) in [6, 6.07) is 17.3. The number of amides is 1. The van der Waals surface area contributed by atoms with Crippen LogP contribution in [0.5, 0.6) is 0 Å². The van der Waals surface area contributed by atoms with Crippen molar-refractivity contribution in [3.8, 4) is 0 Å². The summed E-state index contributed by atoms with van der Waals surface area (Å²) in [5.74, 6) is -0.616. The maximum Gasteiger partial charge on any atom is 0.261 e. The van der Waals surface area contributed by atoms with E-state index in [-0.39, 0.29) is 15.6 Å². The lowest BCUT2D eigenvalue weighted by Gasteiger charge is -2.22. The van der Waals surface area contributed by atoms with Crippen LogP contribution in [0.2, 0.25) is 5.02 Å². The Kier molecular flexibility index (Phi) is 7.54. The van der Waals surface area contributed by atoms with Crippen LogP contribution in [-0.2, 0) is 24.8 Å². The third-order valence-corrected chi connectivity index (χ3v) is 7.79. The number of halogens is 1. The molecule has 0 spiro atoms. The zero-order valence-electron chi connectivity index (χ0n) is 18.7. The van der Waals surface area contributed by atoms with Gasteiger partial charge in [-0.1, -0.05) is 41.9 Å². The normalized spacial score (nSPS) is 11.6. The van der Waals surface area contributed by atoms with Crippen LogP contribution in [0, 0.1) is 13.8 Å². The van der Waals surface area contributed by atoms with Crippen LogP contribution in [0.25, 0.3) is 0 Å². The molecule has 0 radical (unpaired) electrons. The van der Waals surface area contributed by atoms with E-state index >= 15 is 0 Å². The third kappa shape index (κ3) is 6.07. The van der Waals surface area contributed by atoms with Gasteiger partial charge in [-0.2, -0.15) is 0 Å². The van der Waals surface area contributed by atoms with Crippen molar-refractivity contribution in [1.82, 2.24) is 0 Å². The van der Waals surface area contributed by atoms with E-state index in [1.807, 2.05) is 32.0 Å². The minimum absolute atomic E-state index is 0.0157. The molecule has 8 nitrogen and oxygen atoms in total. The van der Waals surface area contributed by atoms with Gasteiger partial charge in [-0.15, -0.1) is 0 Å². The number of nitrogens with one attached hydrogen (secondary N) is 2. The van der Waals surface area contributed by atoms with Gasteiger partial charge in [0, 0.05) is 5.69 Å². The summed E-state index contributed by atoms with van der Waals surface area (Å²) in [5, 5.41) is 2.76. The van der Waals surface area contributed by atoms with Crippen LogP contribution >= 0.6 is 11.6 Å². The Morgan fingerprint density at radius 2 is 1.47 bits per heavy atom. The molecule has 2 N–H and O–H groups in total. The predicted molar refractivity (Wildman–Crippen MR) is 135 cm³/mol. The summed E-state index contributed by atoms with van der Waals surface area (Å²) in [7, 11) is -7.64. The van der Waals surface area contributed by atoms with Gasteiger partial charge in [-0.3, -0.25) is 13.8 Å². The second-order valence-corrected chi connectivity index (χ2v) is 11.7. The fourth-order valence-electron chi connectivity index (χ4n) is 3.25. The fraction of sp³-hybridized carbons (Fsp3) is 0.174. The zero-order chi connectivity index (χ0) is 25.1. The number of aryl methyl sites for hydroxylation is 2. The van der Waals surface area contributed by atoms with Crippen molar-refractivity contribution >= 4 is 54.6 Å². The van der Waals surface area contributed by atoms with E-state index in [1.54, 1.807) is 12.1 Å². The first-order chi connectivity index (χ1) is 15.9. The lowest BCUT2D eigenvalue weighted by molar-refractivity contribution is -0.114. The molecule has 3 aromatic carbocycles. The first-order valence-corrected chi connectivity index (χ1v) is 13.8. The second kappa shape index (κ2) is 10.0. The molecule has 0 aliphatic heterocycles.